The largest absolute Gasteiger partial charge is 0.465 e. The Bertz CT molecular complexity index is 469. The summed E-state index contributed by atoms with van der Waals surface area (Å²) in [6.07, 6.45) is 2.41. The fraction of sp³-hybridized carbons (Fsp3) is 0.154. The molecule has 4 heteroatoms. The Hall–Kier alpha value is -2.23. The first-order valence-electron chi connectivity index (χ1n) is 4.96. The Kier molecular flexibility index (Phi) is 4.34. The molecule has 0 saturated carbocycles. The molecular formula is C13H12O4. The van der Waals surface area contributed by atoms with Crippen molar-refractivity contribution in [3.63, 3.8) is 0 Å². The molecule has 0 saturated heterocycles. The van der Waals surface area contributed by atoms with Gasteiger partial charge in [0.05, 0.1) is 12.7 Å². The van der Waals surface area contributed by atoms with Crippen molar-refractivity contribution in [3.8, 4) is 0 Å². The summed E-state index contributed by atoms with van der Waals surface area (Å²) in [6, 6.07) is 6.03. The summed E-state index contributed by atoms with van der Waals surface area (Å²) >= 11 is 0. The molecule has 88 valence electrons. The van der Waals surface area contributed by atoms with Crippen molar-refractivity contribution in [2.45, 2.75) is 6.92 Å². The van der Waals surface area contributed by atoms with E-state index in [9.17, 15) is 14.4 Å². The molecule has 1 aromatic rings. The molecule has 0 fully saturated rings. The predicted molar refractivity (Wildman–Crippen MR) is 61.9 cm³/mol. The van der Waals surface area contributed by atoms with Crippen LogP contribution in [0.3, 0.4) is 0 Å². The van der Waals surface area contributed by atoms with E-state index in [1.54, 1.807) is 0 Å². The van der Waals surface area contributed by atoms with E-state index < -0.39 is 5.97 Å². The maximum absolute atomic E-state index is 11.5. The standard InChI is InChI=1S/C13H12O4/c1-9(14)3-8-12(15)10-4-6-11(7-5-10)13(16)17-2/h3-8H,1-2H3/b8-3+. The molecule has 0 aliphatic heterocycles. The number of methoxy groups -OCH3 is 1. The summed E-state index contributed by atoms with van der Waals surface area (Å²) in [6.45, 7) is 1.37. The van der Waals surface area contributed by atoms with Crippen LogP contribution in [0.5, 0.6) is 0 Å². The van der Waals surface area contributed by atoms with Gasteiger partial charge in [-0.1, -0.05) is 12.1 Å². The zero-order chi connectivity index (χ0) is 12.8. The van der Waals surface area contributed by atoms with Crippen molar-refractivity contribution in [2.75, 3.05) is 7.11 Å². The van der Waals surface area contributed by atoms with Gasteiger partial charge in [0.25, 0.3) is 0 Å². The smallest absolute Gasteiger partial charge is 0.337 e. The average Bonchev–Trinajstić information content (AvgIpc) is 2.35. The first-order valence-corrected chi connectivity index (χ1v) is 4.96. The topological polar surface area (TPSA) is 60.4 Å². The minimum absolute atomic E-state index is 0.190. The highest BCUT2D eigenvalue weighted by molar-refractivity contribution is 6.07. The molecule has 4 nitrogen and oxygen atoms in total. The Balaban J connectivity index is 2.84. The Morgan fingerprint density at radius 2 is 1.53 bits per heavy atom. The van der Waals surface area contributed by atoms with Crippen molar-refractivity contribution in [2.24, 2.45) is 0 Å². The molecule has 1 aromatic carbocycles. The van der Waals surface area contributed by atoms with E-state index in [4.69, 9.17) is 0 Å². The van der Waals surface area contributed by atoms with Crippen molar-refractivity contribution in [1.29, 1.82) is 0 Å². The molecule has 17 heavy (non-hydrogen) atoms. The van der Waals surface area contributed by atoms with Gasteiger partial charge >= 0.3 is 5.97 Å². The minimum atomic E-state index is -0.455. The highest BCUT2D eigenvalue weighted by Crippen LogP contribution is 2.07. The van der Waals surface area contributed by atoms with Crippen molar-refractivity contribution in [3.05, 3.63) is 47.5 Å². The highest BCUT2D eigenvalue weighted by atomic mass is 16.5. The number of esters is 1. The van der Waals surface area contributed by atoms with Gasteiger partial charge in [0, 0.05) is 5.56 Å². The second kappa shape index (κ2) is 5.75. The van der Waals surface area contributed by atoms with Crippen LogP contribution in [0.15, 0.2) is 36.4 Å². The van der Waals surface area contributed by atoms with E-state index in [0.717, 1.165) is 0 Å². The van der Waals surface area contributed by atoms with Gasteiger partial charge in [0.15, 0.2) is 11.6 Å². The summed E-state index contributed by atoms with van der Waals surface area (Å²) in [7, 11) is 1.29. The van der Waals surface area contributed by atoms with Crippen molar-refractivity contribution < 1.29 is 19.1 Å². The Labute approximate surface area is 98.9 Å². The lowest BCUT2D eigenvalue weighted by Gasteiger charge is -1.99. The maximum atomic E-state index is 11.5. The van der Waals surface area contributed by atoms with Gasteiger partial charge < -0.3 is 4.74 Å². The van der Waals surface area contributed by atoms with E-state index in [1.165, 1.54) is 50.5 Å². The van der Waals surface area contributed by atoms with E-state index >= 15 is 0 Å². The number of ether oxygens (including phenoxy) is 1. The fourth-order valence-corrected chi connectivity index (χ4v) is 1.18. The third-order valence-corrected chi connectivity index (χ3v) is 2.06. The SMILES string of the molecule is COC(=O)c1ccc(C(=O)/C=C/C(C)=O)cc1. The summed E-state index contributed by atoms with van der Waals surface area (Å²) < 4.78 is 4.53. The molecule has 0 aliphatic carbocycles. The summed E-state index contributed by atoms with van der Waals surface area (Å²) in [5, 5.41) is 0. The normalized spacial score (nSPS) is 10.2. The molecule has 0 aliphatic rings. The fourth-order valence-electron chi connectivity index (χ4n) is 1.18. The molecule has 0 aromatic heterocycles. The van der Waals surface area contributed by atoms with Crippen molar-refractivity contribution >= 4 is 17.5 Å². The number of benzene rings is 1. The van der Waals surface area contributed by atoms with Gasteiger partial charge in [0.2, 0.25) is 0 Å². The van der Waals surface area contributed by atoms with Gasteiger partial charge in [-0.15, -0.1) is 0 Å². The second-order valence-corrected chi connectivity index (χ2v) is 3.38. The summed E-state index contributed by atoms with van der Waals surface area (Å²) in [5.74, 6) is -0.926. The Morgan fingerprint density at radius 1 is 1.00 bits per heavy atom. The zero-order valence-corrected chi connectivity index (χ0v) is 9.60. The zero-order valence-electron chi connectivity index (χ0n) is 9.60. The van der Waals surface area contributed by atoms with Gasteiger partial charge in [-0.2, -0.15) is 0 Å². The number of carbonyl (C=O) groups excluding carboxylic acids is 3. The summed E-state index contributed by atoms with van der Waals surface area (Å²) in [5.41, 5.74) is 0.787. The predicted octanol–water partition coefficient (Wildman–Crippen LogP) is 1.80. The second-order valence-electron chi connectivity index (χ2n) is 3.38. The average molecular weight is 232 g/mol. The van der Waals surface area contributed by atoms with Crippen LogP contribution in [0.25, 0.3) is 0 Å². The molecule has 0 unspecified atom stereocenters. The van der Waals surface area contributed by atoms with E-state index in [2.05, 4.69) is 4.74 Å². The number of allylic oxidation sites excluding steroid dienone is 2. The van der Waals surface area contributed by atoms with Crippen LogP contribution in [0, 0.1) is 0 Å². The lowest BCUT2D eigenvalue weighted by Crippen LogP contribution is -2.02. The Morgan fingerprint density at radius 3 is 2.00 bits per heavy atom. The minimum Gasteiger partial charge on any atom is -0.465 e. The number of carbonyl (C=O) groups is 3. The number of hydrogen-bond acceptors (Lipinski definition) is 4. The first kappa shape index (κ1) is 12.8. The number of ketones is 2. The van der Waals surface area contributed by atoms with E-state index in [-0.39, 0.29) is 11.6 Å². The third-order valence-electron chi connectivity index (χ3n) is 2.06. The lowest BCUT2D eigenvalue weighted by atomic mass is 10.1. The van der Waals surface area contributed by atoms with Crippen LogP contribution in [0.4, 0.5) is 0 Å². The van der Waals surface area contributed by atoms with Gasteiger partial charge in [-0.05, 0) is 31.2 Å². The molecule has 0 spiro atoms. The first-order chi connectivity index (χ1) is 8.04. The van der Waals surface area contributed by atoms with E-state index in [0.29, 0.717) is 11.1 Å². The van der Waals surface area contributed by atoms with Gasteiger partial charge in [-0.3, -0.25) is 9.59 Å². The molecular weight excluding hydrogens is 220 g/mol. The van der Waals surface area contributed by atoms with Crippen LogP contribution in [-0.4, -0.2) is 24.6 Å². The number of hydrogen-bond donors (Lipinski definition) is 0. The van der Waals surface area contributed by atoms with Crippen LogP contribution in [0.2, 0.25) is 0 Å². The monoisotopic (exact) mass is 232 g/mol. The van der Waals surface area contributed by atoms with Crippen LogP contribution < -0.4 is 0 Å². The summed E-state index contributed by atoms with van der Waals surface area (Å²) in [4.78, 5) is 33.4. The molecule has 0 atom stereocenters. The molecule has 0 amide bonds. The highest BCUT2D eigenvalue weighted by Gasteiger charge is 2.06. The van der Waals surface area contributed by atoms with Crippen LogP contribution in [0.1, 0.15) is 27.6 Å². The van der Waals surface area contributed by atoms with Gasteiger partial charge in [0.1, 0.15) is 0 Å². The van der Waals surface area contributed by atoms with Gasteiger partial charge in [-0.25, -0.2) is 4.79 Å². The molecule has 1 rings (SSSR count). The van der Waals surface area contributed by atoms with Crippen LogP contribution >= 0.6 is 0 Å². The molecule has 0 bridgehead atoms. The van der Waals surface area contributed by atoms with E-state index in [1.807, 2.05) is 0 Å². The quantitative estimate of drug-likeness (QED) is 0.451. The maximum Gasteiger partial charge on any atom is 0.337 e. The van der Waals surface area contributed by atoms with Crippen molar-refractivity contribution in [1.82, 2.24) is 0 Å². The lowest BCUT2D eigenvalue weighted by molar-refractivity contribution is -0.112. The molecule has 0 radical (unpaired) electrons. The molecule has 0 heterocycles. The third kappa shape index (κ3) is 3.68. The van der Waals surface area contributed by atoms with Crippen LogP contribution in [-0.2, 0) is 9.53 Å². The molecule has 0 N–H and O–H groups in total. The number of rotatable bonds is 4.